The van der Waals surface area contributed by atoms with E-state index >= 15 is 0 Å². The van der Waals surface area contributed by atoms with Gasteiger partial charge in [0.25, 0.3) is 0 Å². The monoisotopic (exact) mass is 359 g/mol. The molecular formula is C19H25N3O2S. The highest BCUT2D eigenvalue weighted by Crippen LogP contribution is 2.25. The number of hydrogen-bond acceptors (Lipinski definition) is 4. The number of nitrogens with zero attached hydrogens (tertiary/aromatic N) is 1. The topological polar surface area (TPSA) is 49.7 Å². The molecule has 1 aliphatic heterocycles. The molecular weight excluding hydrogens is 334 g/mol. The van der Waals surface area contributed by atoms with E-state index in [0.717, 1.165) is 36.8 Å². The average molecular weight is 359 g/mol. The van der Waals surface area contributed by atoms with Gasteiger partial charge in [-0.2, -0.15) is 0 Å². The third-order valence-electron chi connectivity index (χ3n) is 4.33. The first kappa shape index (κ1) is 17.8. The van der Waals surface area contributed by atoms with Crippen molar-refractivity contribution in [1.82, 2.24) is 10.2 Å². The van der Waals surface area contributed by atoms with Gasteiger partial charge in [0.05, 0.1) is 18.9 Å². The average Bonchev–Trinajstić information content (AvgIpc) is 3.31. The molecule has 0 unspecified atom stereocenters. The maximum absolute atomic E-state index is 5.64. The molecule has 6 heteroatoms. The normalized spacial score (nSPS) is 15.7. The molecule has 1 saturated heterocycles. The van der Waals surface area contributed by atoms with Gasteiger partial charge in [0, 0.05) is 12.2 Å². The van der Waals surface area contributed by atoms with E-state index in [2.05, 4.69) is 15.5 Å². The molecule has 0 aliphatic carbocycles. The zero-order valence-electron chi connectivity index (χ0n) is 14.5. The number of rotatable bonds is 7. The molecule has 0 radical (unpaired) electrons. The fraction of sp³-hybridized carbons (Fsp3) is 0.421. The van der Waals surface area contributed by atoms with E-state index in [1.54, 1.807) is 6.26 Å². The lowest BCUT2D eigenvalue weighted by Crippen LogP contribution is -2.38. The first-order valence-corrected chi connectivity index (χ1v) is 9.22. The Hall–Kier alpha value is -2.05. The van der Waals surface area contributed by atoms with Crippen LogP contribution in [0.25, 0.3) is 0 Å². The summed E-state index contributed by atoms with van der Waals surface area (Å²) in [6.07, 6.45) is 4.22. The molecule has 0 saturated carbocycles. The van der Waals surface area contributed by atoms with Crippen molar-refractivity contribution >= 4 is 23.0 Å². The highest BCUT2D eigenvalue weighted by molar-refractivity contribution is 7.80. The van der Waals surface area contributed by atoms with Crippen molar-refractivity contribution in [2.75, 3.05) is 31.6 Å². The Kier molecular flexibility index (Phi) is 6.30. The van der Waals surface area contributed by atoms with E-state index in [9.17, 15) is 0 Å². The van der Waals surface area contributed by atoms with E-state index in [1.165, 1.54) is 12.8 Å². The van der Waals surface area contributed by atoms with Gasteiger partial charge in [0.2, 0.25) is 0 Å². The van der Waals surface area contributed by atoms with Crippen LogP contribution in [0.1, 0.15) is 31.6 Å². The second kappa shape index (κ2) is 8.87. The van der Waals surface area contributed by atoms with E-state index < -0.39 is 0 Å². The van der Waals surface area contributed by atoms with Crippen LogP contribution < -0.4 is 15.4 Å². The first-order valence-electron chi connectivity index (χ1n) is 8.81. The minimum Gasteiger partial charge on any atom is -0.494 e. The minimum atomic E-state index is 0.206. The molecule has 2 N–H and O–H groups in total. The van der Waals surface area contributed by atoms with Gasteiger partial charge in [-0.3, -0.25) is 4.90 Å². The summed E-state index contributed by atoms with van der Waals surface area (Å²) in [6.45, 7) is 5.56. The smallest absolute Gasteiger partial charge is 0.170 e. The van der Waals surface area contributed by atoms with Crippen molar-refractivity contribution < 1.29 is 9.15 Å². The summed E-state index contributed by atoms with van der Waals surface area (Å²) < 4.78 is 11.1. The van der Waals surface area contributed by atoms with E-state index in [0.29, 0.717) is 11.7 Å². The lowest BCUT2D eigenvalue weighted by Gasteiger charge is -2.26. The SMILES string of the molecule is CCOc1ccc(NC(=S)NC[C@H](c2ccco2)N2CCCC2)cc1. The molecule has 0 bridgehead atoms. The molecule has 1 fully saturated rings. The van der Waals surface area contributed by atoms with Gasteiger partial charge in [-0.25, -0.2) is 0 Å². The lowest BCUT2D eigenvalue weighted by molar-refractivity contribution is 0.216. The lowest BCUT2D eigenvalue weighted by atomic mass is 10.2. The molecule has 1 aromatic carbocycles. The number of nitrogens with one attached hydrogen (secondary N) is 2. The van der Waals surface area contributed by atoms with Gasteiger partial charge in [-0.1, -0.05) is 0 Å². The van der Waals surface area contributed by atoms with Crippen LogP contribution in [0.4, 0.5) is 5.69 Å². The Bertz CT molecular complexity index is 652. The zero-order chi connectivity index (χ0) is 17.5. The maximum Gasteiger partial charge on any atom is 0.170 e. The largest absolute Gasteiger partial charge is 0.494 e. The molecule has 3 rings (SSSR count). The number of furan rings is 1. The van der Waals surface area contributed by atoms with Crippen LogP contribution in [0.15, 0.2) is 47.1 Å². The summed E-state index contributed by atoms with van der Waals surface area (Å²) >= 11 is 5.44. The molecule has 134 valence electrons. The number of ether oxygens (including phenoxy) is 1. The summed E-state index contributed by atoms with van der Waals surface area (Å²) in [5.41, 5.74) is 0.941. The first-order chi connectivity index (χ1) is 12.3. The van der Waals surface area contributed by atoms with Gasteiger partial charge in [-0.15, -0.1) is 0 Å². The number of benzene rings is 1. The highest BCUT2D eigenvalue weighted by atomic mass is 32.1. The van der Waals surface area contributed by atoms with Crippen LogP contribution in [0, 0.1) is 0 Å². The van der Waals surface area contributed by atoms with Gasteiger partial charge in [0.1, 0.15) is 11.5 Å². The molecule has 0 amide bonds. The predicted molar refractivity (Wildman–Crippen MR) is 104 cm³/mol. The fourth-order valence-corrected chi connectivity index (χ4v) is 3.31. The molecule has 2 aromatic rings. The van der Waals surface area contributed by atoms with Crippen molar-refractivity contribution in [3.63, 3.8) is 0 Å². The van der Waals surface area contributed by atoms with Crippen molar-refractivity contribution in [2.45, 2.75) is 25.8 Å². The van der Waals surface area contributed by atoms with Crippen LogP contribution >= 0.6 is 12.2 Å². The zero-order valence-corrected chi connectivity index (χ0v) is 15.3. The summed E-state index contributed by atoms with van der Waals surface area (Å²) in [5, 5.41) is 7.15. The quantitative estimate of drug-likeness (QED) is 0.734. The summed E-state index contributed by atoms with van der Waals surface area (Å²) in [4.78, 5) is 2.45. The second-order valence-corrected chi connectivity index (χ2v) is 6.47. The Morgan fingerprint density at radius 2 is 2.00 bits per heavy atom. The van der Waals surface area contributed by atoms with Crippen molar-refractivity contribution in [3.05, 3.63) is 48.4 Å². The van der Waals surface area contributed by atoms with E-state index in [-0.39, 0.29) is 6.04 Å². The van der Waals surface area contributed by atoms with Crippen LogP contribution in [0.2, 0.25) is 0 Å². The molecule has 0 spiro atoms. The fourth-order valence-electron chi connectivity index (χ4n) is 3.11. The van der Waals surface area contributed by atoms with E-state index in [4.69, 9.17) is 21.4 Å². The van der Waals surface area contributed by atoms with Crippen molar-refractivity contribution in [3.8, 4) is 5.75 Å². The molecule has 1 aromatic heterocycles. The third kappa shape index (κ3) is 4.96. The van der Waals surface area contributed by atoms with Crippen molar-refractivity contribution in [2.24, 2.45) is 0 Å². The molecule has 1 atom stereocenters. The molecule has 5 nitrogen and oxygen atoms in total. The van der Waals surface area contributed by atoms with Gasteiger partial charge >= 0.3 is 0 Å². The Balaban J connectivity index is 1.54. The Morgan fingerprint density at radius 1 is 1.24 bits per heavy atom. The number of hydrogen-bond donors (Lipinski definition) is 2. The summed E-state index contributed by atoms with van der Waals surface area (Å²) in [6, 6.07) is 12.0. The van der Waals surface area contributed by atoms with Crippen LogP contribution in [0.5, 0.6) is 5.75 Å². The molecule has 2 heterocycles. The van der Waals surface area contributed by atoms with Crippen LogP contribution in [0.3, 0.4) is 0 Å². The summed E-state index contributed by atoms with van der Waals surface area (Å²) in [7, 11) is 0. The van der Waals surface area contributed by atoms with Crippen LogP contribution in [-0.2, 0) is 0 Å². The Labute approximate surface area is 154 Å². The Morgan fingerprint density at radius 3 is 2.64 bits per heavy atom. The maximum atomic E-state index is 5.64. The highest BCUT2D eigenvalue weighted by Gasteiger charge is 2.25. The standard InChI is InChI=1S/C19H25N3O2S/c1-2-23-16-9-7-15(8-10-16)21-19(25)20-14-17(18-6-5-13-24-18)22-11-3-4-12-22/h5-10,13,17H,2-4,11-12,14H2,1H3,(H2,20,21,25)/t17-/m1/s1. The van der Waals surface area contributed by atoms with E-state index in [1.807, 2.05) is 43.3 Å². The molecule has 1 aliphatic rings. The van der Waals surface area contributed by atoms with Crippen LogP contribution in [-0.4, -0.2) is 36.3 Å². The van der Waals surface area contributed by atoms with Gasteiger partial charge < -0.3 is 19.8 Å². The van der Waals surface area contributed by atoms with Gasteiger partial charge in [-0.05, 0) is 81.5 Å². The molecule has 25 heavy (non-hydrogen) atoms. The minimum absolute atomic E-state index is 0.206. The summed E-state index contributed by atoms with van der Waals surface area (Å²) in [5.74, 6) is 1.84. The van der Waals surface area contributed by atoms with Crippen molar-refractivity contribution in [1.29, 1.82) is 0 Å². The second-order valence-electron chi connectivity index (χ2n) is 6.07. The predicted octanol–water partition coefficient (Wildman–Crippen LogP) is 3.80. The number of likely N-dealkylation sites (tertiary alicyclic amines) is 1. The number of thiocarbonyl (C=S) groups is 1. The van der Waals surface area contributed by atoms with Gasteiger partial charge in [0.15, 0.2) is 5.11 Å². The number of anilines is 1. The third-order valence-corrected chi connectivity index (χ3v) is 4.58.